The van der Waals surface area contributed by atoms with Crippen molar-refractivity contribution >= 4 is 50.7 Å². The van der Waals surface area contributed by atoms with Gasteiger partial charge >= 0.3 is 0 Å². The van der Waals surface area contributed by atoms with E-state index in [1.54, 1.807) is 67.6 Å². The number of halogens is 2. The molecule has 40 heavy (non-hydrogen) atoms. The van der Waals surface area contributed by atoms with Gasteiger partial charge in [-0.05, 0) is 81.8 Å². The van der Waals surface area contributed by atoms with Gasteiger partial charge in [-0.15, -0.1) is 0 Å². The topological polar surface area (TPSA) is 96.0 Å². The van der Waals surface area contributed by atoms with Gasteiger partial charge in [0.15, 0.2) is 0 Å². The molecule has 0 bridgehead atoms. The average Bonchev–Trinajstić information content (AvgIpc) is 2.92. The second-order valence-electron chi connectivity index (χ2n) is 9.36. The second-order valence-corrected chi connectivity index (χ2v) is 12.0. The highest BCUT2D eigenvalue weighted by Gasteiger charge is 2.32. The van der Waals surface area contributed by atoms with Gasteiger partial charge in [0, 0.05) is 12.6 Å². The summed E-state index contributed by atoms with van der Waals surface area (Å²) in [6, 6.07) is 18.2. The first kappa shape index (κ1) is 31.3. The number of anilines is 1. The van der Waals surface area contributed by atoms with Gasteiger partial charge < -0.3 is 15.0 Å². The summed E-state index contributed by atoms with van der Waals surface area (Å²) in [7, 11) is -4.15. The molecule has 3 rings (SSSR count). The summed E-state index contributed by atoms with van der Waals surface area (Å²) < 4.78 is 34.1. The molecule has 0 saturated carbocycles. The molecule has 1 atom stereocenters. The van der Waals surface area contributed by atoms with E-state index in [4.69, 9.17) is 27.9 Å². The highest BCUT2D eigenvalue weighted by molar-refractivity contribution is 7.92. The monoisotopic (exact) mass is 605 g/mol. The fourth-order valence-electron chi connectivity index (χ4n) is 3.95. The molecule has 8 nitrogen and oxygen atoms in total. The van der Waals surface area contributed by atoms with Gasteiger partial charge in [0.25, 0.3) is 10.0 Å². The minimum absolute atomic E-state index is 0.00487. The number of ether oxygens (including phenoxy) is 1. The molecule has 3 aromatic rings. The molecule has 2 amide bonds. The predicted octanol–water partition coefficient (Wildman–Crippen LogP) is 5.53. The number of hydrogen-bond donors (Lipinski definition) is 1. The van der Waals surface area contributed by atoms with Crippen molar-refractivity contribution in [2.75, 3.05) is 17.5 Å². The quantitative estimate of drug-likeness (QED) is 0.293. The molecule has 11 heteroatoms. The number of nitrogens with zero attached hydrogens (tertiary/aromatic N) is 2. The Kier molecular flexibility index (Phi) is 10.8. The number of nitrogens with one attached hydrogen (secondary N) is 1. The maximum atomic E-state index is 13.9. The van der Waals surface area contributed by atoms with Crippen LogP contribution >= 0.6 is 23.2 Å². The standard InChI is InChI=1S/C29H33Cl2N3O5S/c1-5-39-24-14-12-23(13-15-24)34(40(37,38)25-9-7-6-8-10-25)19-28(35)33(21(4)29(36)32-20(2)3)18-22-11-16-26(30)27(31)17-22/h6-17,20-21H,5,18-19H2,1-4H3,(H,32,36)/t21-/m1/s1. The van der Waals surface area contributed by atoms with Gasteiger partial charge in [-0.25, -0.2) is 8.42 Å². The zero-order valence-electron chi connectivity index (χ0n) is 22.8. The summed E-state index contributed by atoms with van der Waals surface area (Å²) in [5, 5.41) is 3.47. The Morgan fingerprint density at radius 3 is 2.15 bits per heavy atom. The smallest absolute Gasteiger partial charge is 0.264 e. The average molecular weight is 607 g/mol. The third-order valence-electron chi connectivity index (χ3n) is 5.98. The van der Waals surface area contributed by atoms with Gasteiger partial charge in [-0.2, -0.15) is 0 Å². The van der Waals surface area contributed by atoms with Crippen LogP contribution in [0.5, 0.6) is 5.75 Å². The van der Waals surface area contributed by atoms with E-state index in [1.165, 1.54) is 17.0 Å². The first-order valence-corrected chi connectivity index (χ1v) is 15.0. The van der Waals surface area contributed by atoms with Gasteiger partial charge in [-0.3, -0.25) is 13.9 Å². The first-order valence-electron chi connectivity index (χ1n) is 12.8. The molecular formula is C29H33Cl2N3O5S. The van der Waals surface area contributed by atoms with Crippen molar-refractivity contribution < 1.29 is 22.7 Å². The minimum atomic E-state index is -4.15. The summed E-state index contributed by atoms with van der Waals surface area (Å²) in [6.45, 7) is 6.98. The molecule has 0 aliphatic rings. The Morgan fingerprint density at radius 1 is 0.925 bits per heavy atom. The second kappa shape index (κ2) is 13.9. The lowest BCUT2D eigenvalue weighted by atomic mass is 10.1. The third-order valence-corrected chi connectivity index (χ3v) is 8.51. The van der Waals surface area contributed by atoms with E-state index in [0.717, 1.165) is 4.31 Å². The number of benzene rings is 3. The third kappa shape index (κ3) is 7.90. The van der Waals surface area contributed by atoms with Gasteiger partial charge in [0.05, 0.1) is 27.2 Å². The van der Waals surface area contributed by atoms with Gasteiger partial charge in [-0.1, -0.05) is 47.5 Å². The molecule has 0 aliphatic heterocycles. The zero-order chi connectivity index (χ0) is 29.4. The molecule has 214 valence electrons. The van der Waals surface area contributed by atoms with Crippen LogP contribution in [0.1, 0.15) is 33.3 Å². The molecule has 0 fully saturated rings. The van der Waals surface area contributed by atoms with Crippen LogP contribution in [0.4, 0.5) is 5.69 Å². The van der Waals surface area contributed by atoms with Gasteiger partial charge in [0.2, 0.25) is 11.8 Å². The van der Waals surface area contributed by atoms with E-state index >= 15 is 0 Å². The van der Waals surface area contributed by atoms with E-state index in [0.29, 0.717) is 28.0 Å². The maximum Gasteiger partial charge on any atom is 0.264 e. The number of amides is 2. The summed E-state index contributed by atoms with van der Waals surface area (Å²) in [5.41, 5.74) is 0.903. The lowest BCUT2D eigenvalue weighted by Gasteiger charge is -2.32. The van der Waals surface area contributed by atoms with Gasteiger partial charge in [0.1, 0.15) is 18.3 Å². The molecule has 0 unspecified atom stereocenters. The number of hydrogen-bond acceptors (Lipinski definition) is 5. The van der Waals surface area contributed by atoms with Crippen LogP contribution in [0, 0.1) is 0 Å². The van der Waals surface area contributed by atoms with Crippen LogP contribution in [0.3, 0.4) is 0 Å². The molecular weight excluding hydrogens is 573 g/mol. The summed E-state index contributed by atoms with van der Waals surface area (Å²) >= 11 is 12.3. The van der Waals surface area contributed by atoms with Crippen molar-refractivity contribution in [3.05, 3.63) is 88.4 Å². The molecule has 0 saturated heterocycles. The largest absolute Gasteiger partial charge is 0.494 e. The van der Waals surface area contributed by atoms with Crippen molar-refractivity contribution in [2.45, 2.75) is 51.2 Å². The highest BCUT2D eigenvalue weighted by Crippen LogP contribution is 2.27. The molecule has 0 aliphatic carbocycles. The van der Waals surface area contributed by atoms with Crippen LogP contribution < -0.4 is 14.4 Å². The number of carbonyl (C=O) groups is 2. The van der Waals surface area contributed by atoms with E-state index in [9.17, 15) is 18.0 Å². The van der Waals surface area contributed by atoms with E-state index in [1.807, 2.05) is 20.8 Å². The summed E-state index contributed by atoms with van der Waals surface area (Å²) in [5.74, 6) is -0.386. The van der Waals surface area contributed by atoms with Crippen LogP contribution in [0.15, 0.2) is 77.7 Å². The van der Waals surface area contributed by atoms with Crippen LogP contribution in [0.2, 0.25) is 10.0 Å². The molecule has 3 aromatic carbocycles. The molecule has 0 heterocycles. The zero-order valence-corrected chi connectivity index (χ0v) is 25.1. The Morgan fingerprint density at radius 2 is 1.57 bits per heavy atom. The summed E-state index contributed by atoms with van der Waals surface area (Å²) in [6.07, 6.45) is 0. The van der Waals surface area contributed by atoms with Crippen molar-refractivity contribution in [2.24, 2.45) is 0 Å². The Bertz CT molecular complexity index is 1420. The maximum absolute atomic E-state index is 13.9. The van der Waals surface area contributed by atoms with Crippen molar-refractivity contribution in [1.29, 1.82) is 0 Å². The predicted molar refractivity (Wildman–Crippen MR) is 158 cm³/mol. The fraction of sp³-hybridized carbons (Fsp3) is 0.310. The number of carbonyl (C=O) groups excluding carboxylic acids is 2. The van der Waals surface area contributed by atoms with E-state index < -0.39 is 28.5 Å². The molecule has 0 radical (unpaired) electrons. The molecule has 0 spiro atoms. The minimum Gasteiger partial charge on any atom is -0.494 e. The number of rotatable bonds is 12. The Hall–Kier alpha value is -3.27. The first-order chi connectivity index (χ1) is 18.9. The van der Waals surface area contributed by atoms with Crippen LogP contribution in [-0.4, -0.2) is 50.4 Å². The normalized spacial score (nSPS) is 12.1. The van der Waals surface area contributed by atoms with E-state index in [-0.39, 0.29) is 29.1 Å². The Balaban J connectivity index is 2.03. The summed E-state index contributed by atoms with van der Waals surface area (Å²) in [4.78, 5) is 28.3. The van der Waals surface area contributed by atoms with E-state index in [2.05, 4.69) is 5.32 Å². The van der Waals surface area contributed by atoms with Crippen molar-refractivity contribution in [3.63, 3.8) is 0 Å². The van der Waals surface area contributed by atoms with Crippen molar-refractivity contribution in [3.8, 4) is 5.75 Å². The van der Waals surface area contributed by atoms with Crippen LogP contribution in [0.25, 0.3) is 0 Å². The molecule has 0 aromatic heterocycles. The fourth-order valence-corrected chi connectivity index (χ4v) is 5.70. The lowest BCUT2D eigenvalue weighted by Crippen LogP contribution is -2.52. The van der Waals surface area contributed by atoms with Crippen LogP contribution in [-0.2, 0) is 26.2 Å². The Labute approximate surface area is 245 Å². The lowest BCUT2D eigenvalue weighted by molar-refractivity contribution is -0.139. The highest BCUT2D eigenvalue weighted by atomic mass is 35.5. The number of sulfonamides is 1. The SMILES string of the molecule is CCOc1ccc(N(CC(=O)N(Cc2ccc(Cl)c(Cl)c2)[C@H](C)C(=O)NC(C)C)S(=O)(=O)c2ccccc2)cc1. The molecule has 1 N–H and O–H groups in total. The van der Waals surface area contributed by atoms with Crippen molar-refractivity contribution in [1.82, 2.24) is 10.2 Å².